The number of hydrogen-bond donors (Lipinski definition) is 2. The van der Waals surface area contributed by atoms with Gasteiger partial charge in [-0.25, -0.2) is 9.97 Å². The summed E-state index contributed by atoms with van der Waals surface area (Å²) in [5.74, 6) is 0.173. The predicted octanol–water partition coefficient (Wildman–Crippen LogP) is 2.33. The molecule has 2 rings (SSSR count). The van der Waals surface area contributed by atoms with Crippen LogP contribution in [0.2, 0.25) is 0 Å². The van der Waals surface area contributed by atoms with Crippen molar-refractivity contribution in [2.45, 2.75) is 55.8 Å². The fourth-order valence-corrected chi connectivity index (χ4v) is 2.82. The minimum Gasteiger partial charge on any atom is -0.480 e. The number of nitrogens with one attached hydrogen (secondary N) is 1. The molecule has 5 nitrogen and oxygen atoms in total. The van der Waals surface area contributed by atoms with Crippen molar-refractivity contribution in [2.75, 3.05) is 5.75 Å². The standard InChI is InChI=1S/C14H21N3O2S/c1-14(12(18)19,17-11-5-6-11)7-2-3-10-20-13-15-8-4-9-16-13/h4,8-9,11,17H,2-3,5-7,10H2,1H3,(H,18,19). The van der Waals surface area contributed by atoms with Gasteiger partial charge in [0, 0.05) is 24.2 Å². The summed E-state index contributed by atoms with van der Waals surface area (Å²) < 4.78 is 0. The van der Waals surface area contributed by atoms with E-state index >= 15 is 0 Å². The molecule has 0 aromatic carbocycles. The third-order valence-electron chi connectivity index (χ3n) is 3.42. The Morgan fingerprint density at radius 3 is 2.75 bits per heavy atom. The van der Waals surface area contributed by atoms with Crippen LogP contribution in [-0.2, 0) is 4.79 Å². The molecule has 0 radical (unpaired) electrons. The number of unbranched alkanes of at least 4 members (excludes halogenated alkanes) is 1. The van der Waals surface area contributed by atoms with E-state index < -0.39 is 11.5 Å². The molecule has 110 valence electrons. The fraction of sp³-hybridized carbons (Fsp3) is 0.643. The van der Waals surface area contributed by atoms with Crippen molar-refractivity contribution in [3.05, 3.63) is 18.5 Å². The highest BCUT2D eigenvalue weighted by atomic mass is 32.2. The third kappa shape index (κ3) is 4.76. The van der Waals surface area contributed by atoms with Crippen LogP contribution in [0.1, 0.15) is 39.0 Å². The molecule has 0 aliphatic heterocycles. The summed E-state index contributed by atoms with van der Waals surface area (Å²) in [4.78, 5) is 19.7. The number of rotatable bonds is 9. The molecule has 1 aliphatic rings. The van der Waals surface area contributed by atoms with Gasteiger partial charge in [-0.3, -0.25) is 10.1 Å². The maximum absolute atomic E-state index is 11.4. The van der Waals surface area contributed by atoms with Crippen LogP contribution in [0.4, 0.5) is 0 Å². The topological polar surface area (TPSA) is 75.1 Å². The van der Waals surface area contributed by atoms with E-state index in [1.54, 1.807) is 37.1 Å². The molecule has 1 saturated carbocycles. The summed E-state index contributed by atoms with van der Waals surface area (Å²) in [5.41, 5.74) is -0.783. The molecule has 1 aromatic heterocycles. The minimum absolute atomic E-state index is 0.406. The van der Waals surface area contributed by atoms with E-state index in [0.717, 1.165) is 36.6 Å². The fourth-order valence-electron chi connectivity index (χ4n) is 2.02. The van der Waals surface area contributed by atoms with Gasteiger partial charge < -0.3 is 5.11 Å². The van der Waals surface area contributed by atoms with Gasteiger partial charge in [-0.2, -0.15) is 0 Å². The molecule has 1 aromatic rings. The SMILES string of the molecule is CC(CCCCSc1ncccn1)(NC1CC1)C(=O)O. The molecule has 1 unspecified atom stereocenters. The van der Waals surface area contributed by atoms with Crippen LogP contribution in [0.25, 0.3) is 0 Å². The molecule has 0 bridgehead atoms. The van der Waals surface area contributed by atoms with Crippen molar-refractivity contribution in [2.24, 2.45) is 0 Å². The molecule has 1 heterocycles. The Labute approximate surface area is 123 Å². The average Bonchev–Trinajstić information content (AvgIpc) is 3.23. The van der Waals surface area contributed by atoms with Gasteiger partial charge in [0.25, 0.3) is 0 Å². The predicted molar refractivity (Wildman–Crippen MR) is 78.8 cm³/mol. The highest BCUT2D eigenvalue weighted by Crippen LogP contribution is 2.26. The van der Waals surface area contributed by atoms with E-state index in [-0.39, 0.29) is 0 Å². The number of carbonyl (C=O) groups is 1. The Balaban J connectivity index is 1.67. The zero-order chi connectivity index (χ0) is 14.4. The highest BCUT2D eigenvalue weighted by Gasteiger charge is 2.37. The van der Waals surface area contributed by atoms with Gasteiger partial charge in [0.15, 0.2) is 5.16 Å². The number of aromatic nitrogens is 2. The van der Waals surface area contributed by atoms with Crippen LogP contribution in [0.3, 0.4) is 0 Å². The Bertz CT molecular complexity index is 439. The summed E-state index contributed by atoms with van der Waals surface area (Å²) in [7, 11) is 0. The molecule has 0 spiro atoms. The molecular weight excluding hydrogens is 274 g/mol. The Kier molecular flexibility index (Phi) is 5.37. The Morgan fingerprint density at radius 2 is 2.15 bits per heavy atom. The van der Waals surface area contributed by atoms with Gasteiger partial charge in [0.1, 0.15) is 5.54 Å². The van der Waals surface area contributed by atoms with Crippen LogP contribution in [-0.4, -0.2) is 38.4 Å². The van der Waals surface area contributed by atoms with E-state index in [4.69, 9.17) is 0 Å². The largest absolute Gasteiger partial charge is 0.480 e. The van der Waals surface area contributed by atoms with Crippen LogP contribution >= 0.6 is 11.8 Å². The third-order valence-corrected chi connectivity index (χ3v) is 4.38. The molecule has 1 fully saturated rings. The molecule has 0 saturated heterocycles. The first kappa shape index (κ1) is 15.3. The second kappa shape index (κ2) is 7.04. The number of aliphatic carboxylic acids is 1. The lowest BCUT2D eigenvalue weighted by atomic mass is 9.95. The Morgan fingerprint density at radius 1 is 1.45 bits per heavy atom. The van der Waals surface area contributed by atoms with Crippen LogP contribution < -0.4 is 5.32 Å². The van der Waals surface area contributed by atoms with Crippen LogP contribution in [0, 0.1) is 0 Å². The van der Waals surface area contributed by atoms with Gasteiger partial charge in [0.05, 0.1) is 0 Å². The van der Waals surface area contributed by atoms with Gasteiger partial charge in [-0.1, -0.05) is 18.2 Å². The van der Waals surface area contributed by atoms with Crippen molar-refractivity contribution in [3.8, 4) is 0 Å². The molecule has 20 heavy (non-hydrogen) atoms. The summed E-state index contributed by atoms with van der Waals surface area (Å²) in [5, 5.41) is 13.4. The summed E-state index contributed by atoms with van der Waals surface area (Å²) in [6.45, 7) is 1.79. The Hall–Kier alpha value is -1.14. The normalized spacial score (nSPS) is 17.6. The van der Waals surface area contributed by atoms with Crippen molar-refractivity contribution >= 4 is 17.7 Å². The summed E-state index contributed by atoms with van der Waals surface area (Å²) in [6, 6.07) is 2.20. The van der Waals surface area contributed by atoms with Crippen molar-refractivity contribution in [3.63, 3.8) is 0 Å². The van der Waals surface area contributed by atoms with Gasteiger partial charge in [-0.05, 0) is 38.7 Å². The first-order valence-electron chi connectivity index (χ1n) is 7.01. The number of carboxylic acids is 1. The first-order valence-corrected chi connectivity index (χ1v) is 8.00. The van der Waals surface area contributed by atoms with E-state index in [1.807, 2.05) is 0 Å². The lowest BCUT2D eigenvalue weighted by Gasteiger charge is -2.26. The first-order chi connectivity index (χ1) is 9.60. The van der Waals surface area contributed by atoms with E-state index in [9.17, 15) is 9.90 Å². The zero-order valence-corrected chi connectivity index (χ0v) is 12.5. The monoisotopic (exact) mass is 295 g/mol. The van der Waals surface area contributed by atoms with Gasteiger partial charge >= 0.3 is 5.97 Å². The maximum atomic E-state index is 11.4. The minimum atomic E-state index is -0.783. The number of carboxylic acid groups (broad SMARTS) is 1. The van der Waals surface area contributed by atoms with Gasteiger partial charge in [-0.15, -0.1) is 0 Å². The van der Waals surface area contributed by atoms with Crippen LogP contribution in [0.15, 0.2) is 23.6 Å². The second-order valence-corrected chi connectivity index (χ2v) is 6.45. The van der Waals surface area contributed by atoms with Crippen molar-refractivity contribution in [1.82, 2.24) is 15.3 Å². The smallest absolute Gasteiger partial charge is 0.323 e. The molecular formula is C14H21N3O2S. The number of hydrogen-bond acceptors (Lipinski definition) is 5. The molecule has 1 atom stereocenters. The average molecular weight is 295 g/mol. The summed E-state index contributed by atoms with van der Waals surface area (Å²) in [6.07, 6.45) is 8.19. The highest BCUT2D eigenvalue weighted by molar-refractivity contribution is 7.99. The van der Waals surface area contributed by atoms with E-state index in [2.05, 4.69) is 15.3 Å². The molecule has 2 N–H and O–H groups in total. The number of thioether (sulfide) groups is 1. The van der Waals surface area contributed by atoms with E-state index in [1.165, 1.54) is 0 Å². The van der Waals surface area contributed by atoms with Gasteiger partial charge in [0.2, 0.25) is 0 Å². The maximum Gasteiger partial charge on any atom is 0.323 e. The van der Waals surface area contributed by atoms with E-state index in [0.29, 0.717) is 12.5 Å². The summed E-state index contributed by atoms with van der Waals surface area (Å²) >= 11 is 1.62. The molecule has 0 amide bonds. The zero-order valence-electron chi connectivity index (χ0n) is 11.7. The quantitative estimate of drug-likeness (QED) is 0.414. The van der Waals surface area contributed by atoms with Crippen molar-refractivity contribution < 1.29 is 9.90 Å². The van der Waals surface area contributed by atoms with Crippen molar-refractivity contribution in [1.29, 1.82) is 0 Å². The molecule has 6 heteroatoms. The second-order valence-electron chi connectivity index (χ2n) is 5.39. The van der Waals surface area contributed by atoms with Crippen LogP contribution in [0.5, 0.6) is 0 Å². The number of nitrogens with zero attached hydrogens (tertiary/aromatic N) is 2. The molecule has 1 aliphatic carbocycles. The lowest BCUT2D eigenvalue weighted by molar-refractivity contribution is -0.144. The lowest BCUT2D eigenvalue weighted by Crippen LogP contribution is -2.50.